The van der Waals surface area contributed by atoms with Gasteiger partial charge < -0.3 is 10.4 Å². The van der Waals surface area contributed by atoms with Gasteiger partial charge in [-0.05, 0) is 43.0 Å². The first-order valence-electron chi connectivity index (χ1n) is 9.16. The summed E-state index contributed by atoms with van der Waals surface area (Å²) >= 11 is 6.22. The van der Waals surface area contributed by atoms with Crippen LogP contribution in [0.15, 0.2) is 48.5 Å². The van der Waals surface area contributed by atoms with E-state index in [0.717, 1.165) is 12.0 Å². The highest BCUT2D eigenvalue weighted by Crippen LogP contribution is 2.31. The number of halogens is 1. The molecule has 1 aliphatic heterocycles. The number of sulfonamides is 1. The number of amides is 1. The van der Waals surface area contributed by atoms with Crippen LogP contribution >= 0.6 is 11.6 Å². The number of carbonyl (C=O) groups excluding carboxylic acids is 1. The van der Waals surface area contributed by atoms with Gasteiger partial charge in [0, 0.05) is 12.1 Å². The lowest BCUT2D eigenvalue weighted by Crippen LogP contribution is -2.40. The fraction of sp³-hybridized carbons (Fsp3) is 0.350. The number of aliphatic hydroxyl groups excluding tert-OH is 1. The Morgan fingerprint density at radius 2 is 1.93 bits per heavy atom. The van der Waals surface area contributed by atoms with Gasteiger partial charge in [-0.1, -0.05) is 41.9 Å². The van der Waals surface area contributed by atoms with Gasteiger partial charge in [0.15, 0.2) is 0 Å². The molecule has 1 fully saturated rings. The second-order valence-corrected chi connectivity index (χ2v) is 9.22. The molecule has 0 spiro atoms. The van der Waals surface area contributed by atoms with Gasteiger partial charge in [0.05, 0.1) is 29.1 Å². The second-order valence-electron chi connectivity index (χ2n) is 6.80. The molecule has 6 nitrogen and oxygen atoms in total. The van der Waals surface area contributed by atoms with Crippen LogP contribution in [-0.2, 0) is 16.4 Å². The van der Waals surface area contributed by atoms with E-state index in [4.69, 9.17) is 11.6 Å². The third-order valence-corrected chi connectivity index (χ3v) is 6.88. The molecule has 0 radical (unpaired) electrons. The van der Waals surface area contributed by atoms with Crippen molar-refractivity contribution in [3.05, 3.63) is 64.7 Å². The maximum absolute atomic E-state index is 12.7. The number of nitrogens with one attached hydrogen (secondary N) is 1. The number of hydrogen-bond acceptors (Lipinski definition) is 4. The van der Waals surface area contributed by atoms with Crippen molar-refractivity contribution >= 4 is 33.2 Å². The van der Waals surface area contributed by atoms with E-state index in [9.17, 15) is 18.3 Å². The van der Waals surface area contributed by atoms with Crippen LogP contribution < -0.4 is 9.62 Å². The van der Waals surface area contributed by atoms with Crippen LogP contribution in [0.5, 0.6) is 0 Å². The molecule has 1 saturated heterocycles. The van der Waals surface area contributed by atoms with Gasteiger partial charge in [-0.3, -0.25) is 9.10 Å². The zero-order valence-electron chi connectivity index (χ0n) is 15.3. The fourth-order valence-electron chi connectivity index (χ4n) is 3.23. The van der Waals surface area contributed by atoms with E-state index in [1.54, 1.807) is 6.07 Å². The summed E-state index contributed by atoms with van der Waals surface area (Å²) in [6.07, 6.45) is 1.86. The standard InChI is InChI=1S/C20H23ClN2O4S/c21-18-9-8-16(13-19(18)23-10-4-5-11-28(23,26)27)20(25)22-17(14-24)12-15-6-2-1-3-7-15/h1-3,6-9,13,17,24H,4-5,10-12,14H2,(H,22,25). The molecule has 0 aromatic heterocycles. The van der Waals surface area contributed by atoms with Crippen molar-refractivity contribution in [3.63, 3.8) is 0 Å². The highest BCUT2D eigenvalue weighted by Gasteiger charge is 2.28. The Hall–Kier alpha value is -2.09. The molecular weight excluding hydrogens is 400 g/mol. The van der Waals surface area contributed by atoms with E-state index < -0.39 is 16.1 Å². The Morgan fingerprint density at radius 1 is 1.18 bits per heavy atom. The molecule has 1 amide bonds. The quantitative estimate of drug-likeness (QED) is 0.749. The number of rotatable bonds is 6. The zero-order chi connectivity index (χ0) is 20.1. The highest BCUT2D eigenvalue weighted by molar-refractivity contribution is 7.92. The van der Waals surface area contributed by atoms with E-state index in [-0.39, 0.29) is 23.3 Å². The molecule has 2 aromatic carbocycles. The number of anilines is 1. The van der Waals surface area contributed by atoms with E-state index in [0.29, 0.717) is 30.6 Å². The number of hydrogen-bond donors (Lipinski definition) is 2. The minimum Gasteiger partial charge on any atom is -0.394 e. The first-order chi connectivity index (χ1) is 13.4. The number of nitrogens with zero attached hydrogens (tertiary/aromatic N) is 1. The van der Waals surface area contributed by atoms with E-state index in [1.807, 2.05) is 30.3 Å². The summed E-state index contributed by atoms with van der Waals surface area (Å²) in [5.41, 5.74) is 1.61. The minimum absolute atomic E-state index is 0.0728. The van der Waals surface area contributed by atoms with E-state index in [2.05, 4.69) is 5.32 Å². The Kier molecular flexibility index (Phi) is 6.59. The number of carbonyl (C=O) groups is 1. The minimum atomic E-state index is -3.43. The molecule has 3 rings (SSSR count). The second kappa shape index (κ2) is 8.94. The topological polar surface area (TPSA) is 86.7 Å². The maximum Gasteiger partial charge on any atom is 0.251 e. The fourth-order valence-corrected chi connectivity index (χ4v) is 5.15. The molecule has 0 saturated carbocycles. The lowest BCUT2D eigenvalue weighted by Gasteiger charge is -2.29. The van der Waals surface area contributed by atoms with Crippen LogP contribution in [0, 0.1) is 0 Å². The van der Waals surface area contributed by atoms with Crippen LogP contribution in [-0.4, -0.2) is 44.4 Å². The normalized spacial score (nSPS) is 17.1. The highest BCUT2D eigenvalue weighted by atomic mass is 35.5. The Morgan fingerprint density at radius 3 is 2.61 bits per heavy atom. The van der Waals surface area contributed by atoms with Gasteiger partial charge in [-0.2, -0.15) is 0 Å². The summed E-state index contributed by atoms with van der Waals surface area (Å²) in [5.74, 6) is -0.314. The van der Waals surface area contributed by atoms with Gasteiger partial charge in [0.2, 0.25) is 10.0 Å². The van der Waals surface area contributed by atoms with E-state index >= 15 is 0 Å². The summed E-state index contributed by atoms with van der Waals surface area (Å²) in [7, 11) is -3.43. The third-order valence-electron chi connectivity index (χ3n) is 4.71. The smallest absolute Gasteiger partial charge is 0.251 e. The SMILES string of the molecule is O=C(NC(CO)Cc1ccccc1)c1ccc(Cl)c(N2CCCCS2(=O)=O)c1. The molecule has 1 heterocycles. The van der Waals surface area contributed by atoms with Crippen molar-refractivity contribution in [2.45, 2.75) is 25.3 Å². The summed E-state index contributed by atoms with van der Waals surface area (Å²) in [4.78, 5) is 12.7. The van der Waals surface area contributed by atoms with Crippen molar-refractivity contribution in [1.29, 1.82) is 0 Å². The largest absolute Gasteiger partial charge is 0.394 e. The molecule has 2 N–H and O–H groups in total. The molecule has 0 bridgehead atoms. The van der Waals surface area contributed by atoms with Gasteiger partial charge >= 0.3 is 0 Å². The molecule has 8 heteroatoms. The van der Waals surface area contributed by atoms with Crippen molar-refractivity contribution in [2.75, 3.05) is 23.2 Å². The third kappa shape index (κ3) is 4.84. The van der Waals surface area contributed by atoms with Crippen LogP contribution in [0.25, 0.3) is 0 Å². The number of benzene rings is 2. The zero-order valence-corrected chi connectivity index (χ0v) is 16.9. The van der Waals surface area contributed by atoms with Gasteiger partial charge in [0.25, 0.3) is 5.91 Å². The number of aliphatic hydroxyl groups is 1. The van der Waals surface area contributed by atoms with E-state index in [1.165, 1.54) is 16.4 Å². The molecule has 1 aliphatic rings. The lowest BCUT2D eigenvalue weighted by atomic mass is 10.1. The Balaban J connectivity index is 1.78. The molecule has 1 unspecified atom stereocenters. The van der Waals surface area contributed by atoms with Crippen LogP contribution in [0.1, 0.15) is 28.8 Å². The monoisotopic (exact) mass is 422 g/mol. The van der Waals surface area contributed by atoms with Crippen molar-refractivity contribution in [3.8, 4) is 0 Å². The molecular formula is C20H23ClN2O4S. The summed E-state index contributed by atoms with van der Waals surface area (Å²) in [6, 6.07) is 13.7. The predicted octanol–water partition coefficient (Wildman–Crippen LogP) is 2.60. The Bertz CT molecular complexity index is 934. The summed E-state index contributed by atoms with van der Waals surface area (Å²) in [6.45, 7) is 0.141. The molecule has 150 valence electrons. The Labute approximate surface area is 170 Å². The molecule has 1 atom stereocenters. The van der Waals surface area contributed by atoms with Gasteiger partial charge in [-0.25, -0.2) is 8.42 Å². The van der Waals surface area contributed by atoms with Crippen molar-refractivity contribution in [2.24, 2.45) is 0 Å². The molecule has 2 aromatic rings. The van der Waals surface area contributed by atoms with Crippen molar-refractivity contribution in [1.82, 2.24) is 5.32 Å². The van der Waals surface area contributed by atoms with Gasteiger partial charge in [0.1, 0.15) is 0 Å². The first kappa shape index (κ1) is 20.6. The van der Waals surface area contributed by atoms with Crippen molar-refractivity contribution < 1.29 is 18.3 Å². The van der Waals surface area contributed by atoms with Crippen LogP contribution in [0.2, 0.25) is 5.02 Å². The molecule has 0 aliphatic carbocycles. The van der Waals surface area contributed by atoms with Crippen LogP contribution in [0.4, 0.5) is 5.69 Å². The van der Waals surface area contributed by atoms with Crippen LogP contribution in [0.3, 0.4) is 0 Å². The summed E-state index contributed by atoms with van der Waals surface area (Å²) in [5, 5.41) is 12.7. The molecule has 28 heavy (non-hydrogen) atoms. The van der Waals surface area contributed by atoms with Gasteiger partial charge in [-0.15, -0.1) is 0 Å². The summed E-state index contributed by atoms with van der Waals surface area (Å²) < 4.78 is 26.0. The average molecular weight is 423 g/mol. The lowest BCUT2D eigenvalue weighted by molar-refractivity contribution is 0.0916. The first-order valence-corrected chi connectivity index (χ1v) is 11.1. The predicted molar refractivity (Wildman–Crippen MR) is 110 cm³/mol. The average Bonchev–Trinajstić information content (AvgIpc) is 2.68. The maximum atomic E-state index is 12.7.